The van der Waals surface area contributed by atoms with Crippen LogP contribution in [0.5, 0.6) is 0 Å². The molecule has 0 unspecified atom stereocenters. The van der Waals surface area contributed by atoms with Crippen LogP contribution in [0.4, 0.5) is 0 Å². The number of carbonyl (C=O) groups is 1. The van der Waals surface area contributed by atoms with Gasteiger partial charge in [0.25, 0.3) is 0 Å². The number of rotatable bonds is 6. The Bertz CT molecular complexity index is 551. The molecule has 21 heavy (non-hydrogen) atoms. The maximum Gasteiger partial charge on any atom is 0.222 e. The summed E-state index contributed by atoms with van der Waals surface area (Å²) >= 11 is 1.67. The van der Waals surface area contributed by atoms with E-state index in [1.165, 1.54) is 4.88 Å². The van der Waals surface area contributed by atoms with Crippen LogP contribution in [0, 0.1) is 5.92 Å². The van der Waals surface area contributed by atoms with Gasteiger partial charge in [-0.2, -0.15) is 0 Å². The van der Waals surface area contributed by atoms with E-state index in [-0.39, 0.29) is 18.0 Å². The van der Waals surface area contributed by atoms with Crippen molar-refractivity contribution in [2.24, 2.45) is 11.7 Å². The van der Waals surface area contributed by atoms with Crippen molar-refractivity contribution in [1.29, 1.82) is 0 Å². The molecule has 2 rings (SSSR count). The number of carbonyl (C=O) groups excluding carboxylic acids is 1. The summed E-state index contributed by atoms with van der Waals surface area (Å²) in [5.41, 5.74) is 7.10. The Morgan fingerprint density at radius 2 is 1.90 bits per heavy atom. The number of nitrogens with two attached hydrogens (primary N) is 1. The van der Waals surface area contributed by atoms with E-state index in [0.29, 0.717) is 12.3 Å². The molecule has 0 fully saturated rings. The lowest BCUT2D eigenvalue weighted by Crippen LogP contribution is -2.33. The van der Waals surface area contributed by atoms with Gasteiger partial charge in [-0.3, -0.25) is 4.79 Å². The number of hydrogen-bond donors (Lipinski definition) is 2. The molecule has 3 N–H and O–H groups in total. The largest absolute Gasteiger partial charge is 0.348 e. The van der Waals surface area contributed by atoms with Crippen LogP contribution < -0.4 is 11.1 Å². The van der Waals surface area contributed by atoms with Crippen molar-refractivity contribution in [3.05, 3.63) is 58.3 Å². The Hall–Kier alpha value is -1.65. The van der Waals surface area contributed by atoms with Crippen molar-refractivity contribution in [2.45, 2.75) is 32.4 Å². The maximum atomic E-state index is 12.3. The Labute approximate surface area is 130 Å². The molecule has 0 aliphatic carbocycles. The van der Waals surface area contributed by atoms with E-state index in [1.54, 1.807) is 11.3 Å². The van der Waals surface area contributed by atoms with Crippen molar-refractivity contribution >= 4 is 17.2 Å². The highest BCUT2D eigenvalue weighted by Gasteiger charge is 2.20. The minimum absolute atomic E-state index is 0.00143. The van der Waals surface area contributed by atoms with Crippen molar-refractivity contribution in [2.75, 3.05) is 0 Å². The molecule has 0 saturated heterocycles. The summed E-state index contributed by atoms with van der Waals surface area (Å²) < 4.78 is 0. The monoisotopic (exact) mass is 302 g/mol. The molecule has 1 aromatic carbocycles. The summed E-state index contributed by atoms with van der Waals surface area (Å²) in [5.74, 6) is 0.346. The third-order valence-electron chi connectivity index (χ3n) is 3.47. The lowest BCUT2D eigenvalue weighted by Gasteiger charge is -2.22. The molecule has 2 aromatic rings. The molecule has 2 atom stereocenters. The van der Waals surface area contributed by atoms with Gasteiger partial charge in [0.05, 0.1) is 6.04 Å². The summed E-state index contributed by atoms with van der Waals surface area (Å²) in [6.45, 7) is 4.23. The van der Waals surface area contributed by atoms with Gasteiger partial charge in [0.2, 0.25) is 5.91 Å². The third kappa shape index (κ3) is 4.41. The summed E-state index contributed by atoms with van der Waals surface area (Å²) in [7, 11) is 0. The van der Waals surface area contributed by atoms with Crippen LogP contribution >= 0.6 is 11.3 Å². The van der Waals surface area contributed by atoms with Gasteiger partial charge in [-0.25, -0.2) is 0 Å². The molecule has 0 radical (unpaired) electrons. The molecule has 1 heterocycles. The fourth-order valence-electron chi connectivity index (χ4n) is 2.28. The zero-order valence-corrected chi connectivity index (χ0v) is 13.3. The summed E-state index contributed by atoms with van der Waals surface area (Å²) in [6, 6.07) is 13.6. The molecule has 3 nitrogen and oxygen atoms in total. The van der Waals surface area contributed by atoms with Crippen LogP contribution in [0.2, 0.25) is 0 Å². The van der Waals surface area contributed by atoms with Crippen molar-refractivity contribution in [1.82, 2.24) is 5.32 Å². The molecule has 0 aliphatic rings. The first kappa shape index (κ1) is 15.7. The zero-order valence-electron chi connectivity index (χ0n) is 12.5. The molecule has 0 saturated carbocycles. The van der Waals surface area contributed by atoms with E-state index in [4.69, 9.17) is 5.73 Å². The number of thiophene rings is 1. The minimum atomic E-state index is -0.262. The lowest BCUT2D eigenvalue weighted by atomic mass is 10.0. The summed E-state index contributed by atoms with van der Waals surface area (Å²) in [4.78, 5) is 13.4. The summed E-state index contributed by atoms with van der Waals surface area (Å²) in [6.07, 6.45) is 0.304. The minimum Gasteiger partial charge on any atom is -0.348 e. The van der Waals surface area contributed by atoms with E-state index in [0.717, 1.165) is 5.56 Å². The van der Waals surface area contributed by atoms with Crippen molar-refractivity contribution in [3.63, 3.8) is 0 Å². The molecular formula is C17H22N2OS. The van der Waals surface area contributed by atoms with Crippen molar-refractivity contribution in [3.8, 4) is 0 Å². The molecule has 0 spiro atoms. The van der Waals surface area contributed by atoms with E-state index < -0.39 is 0 Å². The molecule has 4 heteroatoms. The van der Waals surface area contributed by atoms with E-state index >= 15 is 0 Å². The fourth-order valence-corrected chi connectivity index (χ4v) is 3.23. The number of nitrogens with one attached hydrogen (secondary N) is 1. The molecule has 1 amide bonds. The lowest BCUT2D eigenvalue weighted by molar-refractivity contribution is -0.122. The van der Waals surface area contributed by atoms with Crippen LogP contribution in [0.15, 0.2) is 47.8 Å². The average molecular weight is 302 g/mol. The second kappa shape index (κ2) is 7.38. The molecule has 1 aromatic heterocycles. The smallest absolute Gasteiger partial charge is 0.222 e. The molecule has 112 valence electrons. The third-order valence-corrected chi connectivity index (χ3v) is 4.42. The van der Waals surface area contributed by atoms with Gasteiger partial charge in [-0.1, -0.05) is 50.2 Å². The molecule has 0 aliphatic heterocycles. The van der Waals surface area contributed by atoms with Gasteiger partial charge in [0, 0.05) is 17.3 Å². The maximum absolute atomic E-state index is 12.3. The van der Waals surface area contributed by atoms with Crippen LogP contribution in [-0.2, 0) is 4.79 Å². The van der Waals surface area contributed by atoms with Gasteiger partial charge >= 0.3 is 0 Å². The second-order valence-corrected chi connectivity index (χ2v) is 6.51. The highest BCUT2D eigenvalue weighted by molar-refractivity contribution is 7.10. The molecule has 0 bridgehead atoms. The highest BCUT2D eigenvalue weighted by atomic mass is 32.1. The Kier molecular flexibility index (Phi) is 5.53. The van der Waals surface area contributed by atoms with Gasteiger partial charge in [-0.15, -0.1) is 11.3 Å². The van der Waals surface area contributed by atoms with E-state index in [2.05, 4.69) is 25.2 Å². The van der Waals surface area contributed by atoms with Crippen LogP contribution in [0.25, 0.3) is 0 Å². The number of benzene rings is 1. The van der Waals surface area contributed by atoms with Crippen LogP contribution in [0.3, 0.4) is 0 Å². The van der Waals surface area contributed by atoms with Crippen LogP contribution in [0.1, 0.15) is 42.8 Å². The van der Waals surface area contributed by atoms with Gasteiger partial charge in [0.1, 0.15) is 0 Å². The highest BCUT2D eigenvalue weighted by Crippen LogP contribution is 2.26. The SMILES string of the molecule is CC(C)[C@H](NC(=O)C[C@@H](N)c1ccccc1)c1cccs1. The first-order valence-electron chi connectivity index (χ1n) is 7.21. The second-order valence-electron chi connectivity index (χ2n) is 5.53. The van der Waals surface area contributed by atoms with Gasteiger partial charge in [-0.05, 0) is 22.9 Å². The zero-order chi connectivity index (χ0) is 15.2. The normalized spacial score (nSPS) is 13.9. The van der Waals surface area contributed by atoms with E-state index in [1.807, 2.05) is 41.8 Å². The summed E-state index contributed by atoms with van der Waals surface area (Å²) in [5, 5.41) is 5.15. The fraction of sp³-hybridized carbons (Fsp3) is 0.353. The van der Waals surface area contributed by atoms with Crippen molar-refractivity contribution < 1.29 is 4.79 Å². The average Bonchev–Trinajstić information content (AvgIpc) is 2.99. The number of hydrogen-bond acceptors (Lipinski definition) is 3. The quantitative estimate of drug-likeness (QED) is 0.855. The van der Waals surface area contributed by atoms with Gasteiger partial charge < -0.3 is 11.1 Å². The number of amides is 1. The first-order chi connectivity index (χ1) is 10.1. The van der Waals surface area contributed by atoms with Gasteiger partial charge in [0.15, 0.2) is 0 Å². The Balaban J connectivity index is 1.97. The Morgan fingerprint density at radius 3 is 2.48 bits per heavy atom. The standard InChI is InChI=1S/C17H22N2OS/c1-12(2)17(15-9-6-10-21-15)19-16(20)11-14(18)13-7-4-3-5-8-13/h3-10,12,14,17H,11,18H2,1-2H3,(H,19,20)/t14-,17+/m1/s1. The Morgan fingerprint density at radius 1 is 1.19 bits per heavy atom. The van der Waals surface area contributed by atoms with Crippen LogP contribution in [-0.4, -0.2) is 5.91 Å². The first-order valence-corrected chi connectivity index (χ1v) is 8.09. The predicted molar refractivity (Wildman–Crippen MR) is 88.0 cm³/mol. The topological polar surface area (TPSA) is 55.1 Å². The molecular weight excluding hydrogens is 280 g/mol. The van der Waals surface area contributed by atoms with E-state index in [9.17, 15) is 4.79 Å². The predicted octanol–water partition coefficient (Wildman–Crippen LogP) is 3.65.